The summed E-state index contributed by atoms with van der Waals surface area (Å²) >= 11 is 0. The molecule has 0 radical (unpaired) electrons. The molecule has 0 spiro atoms. The smallest absolute Gasteiger partial charge is 0.199 e. The van der Waals surface area contributed by atoms with Gasteiger partial charge >= 0.3 is 0 Å². The Labute approximate surface area is 85.9 Å². The summed E-state index contributed by atoms with van der Waals surface area (Å²) in [5.74, 6) is 0. The first-order valence-electron chi connectivity index (χ1n) is 5.40. The molecule has 0 aliphatic carbocycles. The zero-order valence-corrected chi connectivity index (χ0v) is 9.26. The van der Waals surface area contributed by atoms with Gasteiger partial charge < -0.3 is 15.4 Å². The SMILES string of the molecule is CC(C)(C)[C@]1(C2CCCN2)NC=CO1. The van der Waals surface area contributed by atoms with Gasteiger partial charge in [-0.1, -0.05) is 20.8 Å². The van der Waals surface area contributed by atoms with E-state index >= 15 is 0 Å². The summed E-state index contributed by atoms with van der Waals surface area (Å²) in [4.78, 5) is 0. The molecule has 1 fully saturated rings. The van der Waals surface area contributed by atoms with E-state index in [9.17, 15) is 0 Å². The van der Waals surface area contributed by atoms with E-state index in [0.29, 0.717) is 6.04 Å². The van der Waals surface area contributed by atoms with Crippen molar-refractivity contribution in [2.45, 2.75) is 45.4 Å². The van der Waals surface area contributed by atoms with E-state index in [1.165, 1.54) is 12.8 Å². The van der Waals surface area contributed by atoms with Crippen LogP contribution in [0.25, 0.3) is 0 Å². The maximum absolute atomic E-state index is 5.83. The monoisotopic (exact) mass is 196 g/mol. The Hall–Kier alpha value is -0.700. The molecular weight excluding hydrogens is 176 g/mol. The van der Waals surface area contributed by atoms with Crippen LogP contribution in [-0.4, -0.2) is 18.3 Å². The lowest BCUT2D eigenvalue weighted by Gasteiger charge is -2.45. The summed E-state index contributed by atoms with van der Waals surface area (Å²) in [5, 5.41) is 6.91. The number of hydrogen-bond acceptors (Lipinski definition) is 3. The van der Waals surface area contributed by atoms with Crippen molar-refractivity contribution in [2.24, 2.45) is 5.41 Å². The molecule has 0 amide bonds. The number of ether oxygens (including phenoxy) is 1. The van der Waals surface area contributed by atoms with Crippen molar-refractivity contribution in [3.8, 4) is 0 Å². The summed E-state index contributed by atoms with van der Waals surface area (Å²) < 4.78 is 5.83. The summed E-state index contributed by atoms with van der Waals surface area (Å²) in [6.45, 7) is 7.75. The molecule has 80 valence electrons. The average molecular weight is 196 g/mol. The lowest BCUT2D eigenvalue weighted by molar-refractivity contribution is -0.0923. The first-order valence-corrected chi connectivity index (χ1v) is 5.40. The minimum atomic E-state index is -0.260. The highest BCUT2D eigenvalue weighted by Gasteiger charge is 2.51. The molecule has 0 aromatic carbocycles. The van der Waals surface area contributed by atoms with Crippen molar-refractivity contribution in [3.63, 3.8) is 0 Å². The van der Waals surface area contributed by atoms with Crippen molar-refractivity contribution in [3.05, 3.63) is 12.5 Å². The van der Waals surface area contributed by atoms with Crippen molar-refractivity contribution in [2.75, 3.05) is 6.54 Å². The Morgan fingerprint density at radius 3 is 2.64 bits per heavy atom. The Bertz CT molecular complexity index is 228. The molecule has 2 atom stereocenters. The van der Waals surface area contributed by atoms with Crippen LogP contribution >= 0.6 is 0 Å². The molecule has 0 aromatic heterocycles. The van der Waals surface area contributed by atoms with E-state index < -0.39 is 0 Å². The van der Waals surface area contributed by atoms with Crippen LogP contribution in [0.3, 0.4) is 0 Å². The zero-order valence-electron chi connectivity index (χ0n) is 9.26. The van der Waals surface area contributed by atoms with Gasteiger partial charge in [-0.05, 0) is 19.4 Å². The standard InChI is InChI=1S/C11H20N2O/c1-10(2,3)11(13-7-8-14-11)9-5-4-6-12-9/h7-9,12-13H,4-6H2,1-3H3/t9?,11-/m1/s1. The predicted octanol–water partition coefficient (Wildman–Crippen LogP) is 1.57. The highest BCUT2D eigenvalue weighted by molar-refractivity contribution is 5.08. The summed E-state index contributed by atoms with van der Waals surface area (Å²) in [6, 6.07) is 0.414. The normalized spacial score (nSPS) is 36.9. The molecule has 14 heavy (non-hydrogen) atoms. The van der Waals surface area contributed by atoms with Crippen LogP contribution in [-0.2, 0) is 4.74 Å². The molecule has 2 heterocycles. The number of hydrogen-bond donors (Lipinski definition) is 2. The Morgan fingerprint density at radius 1 is 1.43 bits per heavy atom. The van der Waals surface area contributed by atoms with Gasteiger partial charge in [0.15, 0.2) is 5.72 Å². The molecule has 0 bridgehead atoms. The summed E-state index contributed by atoms with van der Waals surface area (Å²) in [6.07, 6.45) is 6.11. The lowest BCUT2D eigenvalue weighted by atomic mass is 9.78. The van der Waals surface area contributed by atoms with Crippen LogP contribution in [0.15, 0.2) is 12.5 Å². The minimum absolute atomic E-state index is 0.0819. The average Bonchev–Trinajstić information content (AvgIpc) is 2.74. The molecular formula is C11H20N2O. The van der Waals surface area contributed by atoms with Crippen LogP contribution in [0, 0.1) is 5.41 Å². The fraction of sp³-hybridized carbons (Fsp3) is 0.818. The van der Waals surface area contributed by atoms with Crippen molar-refractivity contribution < 1.29 is 4.74 Å². The summed E-state index contributed by atoms with van der Waals surface area (Å²) in [5.41, 5.74) is -0.179. The second-order valence-corrected chi connectivity index (χ2v) is 5.20. The molecule has 3 nitrogen and oxygen atoms in total. The van der Waals surface area contributed by atoms with Gasteiger partial charge in [0.2, 0.25) is 0 Å². The van der Waals surface area contributed by atoms with Crippen LogP contribution in [0.2, 0.25) is 0 Å². The van der Waals surface area contributed by atoms with Crippen LogP contribution < -0.4 is 10.6 Å². The first-order chi connectivity index (χ1) is 6.56. The van der Waals surface area contributed by atoms with Gasteiger partial charge in [0.1, 0.15) is 6.26 Å². The third-order valence-corrected chi connectivity index (χ3v) is 3.28. The maximum atomic E-state index is 5.83. The number of nitrogens with one attached hydrogen (secondary N) is 2. The van der Waals surface area contributed by atoms with Gasteiger partial charge in [0, 0.05) is 11.6 Å². The minimum Gasteiger partial charge on any atom is -0.472 e. The van der Waals surface area contributed by atoms with E-state index in [1.807, 2.05) is 6.20 Å². The molecule has 3 heteroatoms. The van der Waals surface area contributed by atoms with Gasteiger partial charge in [-0.2, -0.15) is 0 Å². The molecule has 1 saturated heterocycles. The second kappa shape index (κ2) is 3.16. The number of rotatable bonds is 1. The van der Waals surface area contributed by atoms with Crippen LogP contribution in [0.4, 0.5) is 0 Å². The second-order valence-electron chi connectivity index (χ2n) is 5.20. The van der Waals surface area contributed by atoms with Crippen LogP contribution in [0.5, 0.6) is 0 Å². The fourth-order valence-corrected chi connectivity index (χ4v) is 2.46. The topological polar surface area (TPSA) is 33.3 Å². The van der Waals surface area contributed by atoms with Gasteiger partial charge in [-0.3, -0.25) is 0 Å². The lowest BCUT2D eigenvalue weighted by Crippen LogP contribution is -2.63. The van der Waals surface area contributed by atoms with Crippen molar-refractivity contribution >= 4 is 0 Å². The van der Waals surface area contributed by atoms with Gasteiger partial charge in [-0.25, -0.2) is 0 Å². The third-order valence-electron chi connectivity index (χ3n) is 3.28. The summed E-state index contributed by atoms with van der Waals surface area (Å²) in [7, 11) is 0. The molecule has 2 aliphatic rings. The van der Waals surface area contributed by atoms with E-state index in [2.05, 4.69) is 31.4 Å². The Kier molecular flexibility index (Phi) is 2.22. The molecule has 0 aromatic rings. The fourth-order valence-electron chi connectivity index (χ4n) is 2.46. The van der Waals surface area contributed by atoms with Crippen molar-refractivity contribution in [1.82, 2.24) is 10.6 Å². The van der Waals surface area contributed by atoms with Crippen LogP contribution in [0.1, 0.15) is 33.6 Å². The van der Waals surface area contributed by atoms with E-state index in [-0.39, 0.29) is 11.1 Å². The quantitative estimate of drug-likeness (QED) is 0.668. The molecule has 2 rings (SSSR count). The van der Waals surface area contributed by atoms with Crippen molar-refractivity contribution in [1.29, 1.82) is 0 Å². The molecule has 0 saturated carbocycles. The Morgan fingerprint density at radius 2 is 2.21 bits per heavy atom. The first kappa shape index (κ1) is 9.84. The zero-order chi connectivity index (χ0) is 10.2. The van der Waals surface area contributed by atoms with E-state index in [0.717, 1.165) is 6.54 Å². The highest BCUT2D eigenvalue weighted by atomic mass is 16.5. The molecule has 2 N–H and O–H groups in total. The predicted molar refractivity (Wildman–Crippen MR) is 56.6 cm³/mol. The third kappa shape index (κ3) is 1.31. The maximum Gasteiger partial charge on any atom is 0.199 e. The molecule has 2 aliphatic heterocycles. The largest absolute Gasteiger partial charge is 0.472 e. The molecule has 1 unspecified atom stereocenters. The van der Waals surface area contributed by atoms with Gasteiger partial charge in [0.25, 0.3) is 0 Å². The van der Waals surface area contributed by atoms with E-state index in [1.54, 1.807) is 6.26 Å². The van der Waals surface area contributed by atoms with Gasteiger partial charge in [-0.15, -0.1) is 0 Å². The van der Waals surface area contributed by atoms with E-state index in [4.69, 9.17) is 4.74 Å². The Balaban J connectivity index is 2.22. The van der Waals surface area contributed by atoms with Gasteiger partial charge in [0.05, 0.1) is 6.04 Å². The highest BCUT2D eigenvalue weighted by Crippen LogP contribution is 2.39.